The normalized spacial score (nSPS) is 18.2. The van der Waals surface area contributed by atoms with Gasteiger partial charge in [-0.05, 0) is 101 Å². The molecule has 6 rings (SSSR count). The summed E-state index contributed by atoms with van der Waals surface area (Å²) in [4.78, 5) is 24.6. The SMILES string of the molecule is CC(C)(C)OC(=O)N(c1cncc(-c2nn(C3CCCCO3)c3ccc(-c4cccc(F)c4)cc23)n1)C1CCNCC1. The number of carbonyl (C=O) groups excluding carboxylic acids is 1. The van der Waals surface area contributed by atoms with E-state index in [0.29, 0.717) is 23.8 Å². The molecule has 1 atom stereocenters. The average molecular weight is 573 g/mol. The molecule has 2 aromatic heterocycles. The molecule has 1 N–H and O–H groups in total. The Hall–Kier alpha value is -3.89. The van der Waals surface area contributed by atoms with Gasteiger partial charge in [0.2, 0.25) is 0 Å². The Bertz CT molecular complexity index is 1570. The zero-order valence-electron chi connectivity index (χ0n) is 24.3. The third kappa shape index (κ3) is 6.00. The van der Waals surface area contributed by atoms with Crippen LogP contribution in [0.4, 0.5) is 15.0 Å². The van der Waals surface area contributed by atoms with Crippen LogP contribution >= 0.6 is 0 Å². The minimum atomic E-state index is -0.657. The number of nitrogens with one attached hydrogen (secondary N) is 1. The Morgan fingerprint density at radius 3 is 2.62 bits per heavy atom. The third-order valence-electron chi connectivity index (χ3n) is 7.67. The van der Waals surface area contributed by atoms with Crippen molar-refractivity contribution in [1.82, 2.24) is 25.1 Å². The van der Waals surface area contributed by atoms with Crippen LogP contribution < -0.4 is 10.2 Å². The molecule has 42 heavy (non-hydrogen) atoms. The zero-order chi connectivity index (χ0) is 29.3. The number of hydrogen-bond donors (Lipinski definition) is 1. The van der Waals surface area contributed by atoms with Gasteiger partial charge in [-0.2, -0.15) is 5.10 Å². The van der Waals surface area contributed by atoms with Crippen LogP contribution in [0.2, 0.25) is 0 Å². The second-order valence-corrected chi connectivity index (χ2v) is 12.0. The first-order chi connectivity index (χ1) is 20.3. The van der Waals surface area contributed by atoms with Gasteiger partial charge in [-0.1, -0.05) is 18.2 Å². The predicted molar refractivity (Wildman–Crippen MR) is 160 cm³/mol. The van der Waals surface area contributed by atoms with Crippen LogP contribution in [-0.4, -0.2) is 57.2 Å². The van der Waals surface area contributed by atoms with Gasteiger partial charge in [0.1, 0.15) is 22.8 Å². The molecule has 0 spiro atoms. The smallest absolute Gasteiger partial charge is 0.416 e. The highest BCUT2D eigenvalue weighted by atomic mass is 19.1. The van der Waals surface area contributed by atoms with Gasteiger partial charge in [-0.15, -0.1) is 0 Å². The first kappa shape index (κ1) is 28.2. The second-order valence-electron chi connectivity index (χ2n) is 12.0. The maximum Gasteiger partial charge on any atom is 0.416 e. The minimum Gasteiger partial charge on any atom is -0.443 e. The largest absolute Gasteiger partial charge is 0.443 e. The van der Waals surface area contributed by atoms with Crippen molar-refractivity contribution in [2.45, 2.75) is 70.7 Å². The lowest BCUT2D eigenvalue weighted by Gasteiger charge is -2.35. The molecular formula is C32H37FN6O3. The summed E-state index contributed by atoms with van der Waals surface area (Å²) < 4.78 is 27.9. The Balaban J connectivity index is 1.46. The van der Waals surface area contributed by atoms with Crippen LogP contribution in [0.15, 0.2) is 54.9 Å². The molecule has 4 aromatic rings. The van der Waals surface area contributed by atoms with E-state index in [9.17, 15) is 9.18 Å². The maximum absolute atomic E-state index is 14.1. The minimum absolute atomic E-state index is 0.0739. The van der Waals surface area contributed by atoms with Gasteiger partial charge >= 0.3 is 6.09 Å². The van der Waals surface area contributed by atoms with E-state index in [2.05, 4.69) is 10.3 Å². The van der Waals surface area contributed by atoms with Gasteiger partial charge < -0.3 is 14.8 Å². The fourth-order valence-corrected chi connectivity index (χ4v) is 5.71. The van der Waals surface area contributed by atoms with Gasteiger partial charge in [-0.25, -0.2) is 18.9 Å². The highest BCUT2D eigenvalue weighted by Crippen LogP contribution is 2.35. The number of piperidine rings is 1. The van der Waals surface area contributed by atoms with E-state index < -0.39 is 11.7 Å². The Labute approximate surface area is 245 Å². The Morgan fingerprint density at radius 2 is 1.88 bits per heavy atom. The number of ether oxygens (including phenoxy) is 2. The summed E-state index contributed by atoms with van der Waals surface area (Å²) >= 11 is 0. The Kier molecular flexibility index (Phi) is 7.92. The first-order valence-corrected chi connectivity index (χ1v) is 14.7. The number of carbonyl (C=O) groups is 1. The van der Waals surface area contributed by atoms with Gasteiger partial charge in [0, 0.05) is 18.0 Å². The standard InChI is InChI=1S/C32H37FN6O3/c1-32(2,3)42-31(40)38(24-12-14-34-15-13-24)28-20-35-19-26(36-28)30-25-18-22(21-7-6-8-23(33)17-21)10-11-27(25)39(37-30)29-9-4-5-16-41-29/h6-8,10-11,17-20,24,29,34H,4-5,9,12-16H2,1-3H3. The van der Waals surface area contributed by atoms with Crippen molar-refractivity contribution in [2.75, 3.05) is 24.6 Å². The quantitative estimate of drug-likeness (QED) is 0.292. The summed E-state index contributed by atoms with van der Waals surface area (Å²) in [6, 6.07) is 12.5. The highest BCUT2D eigenvalue weighted by molar-refractivity contribution is 5.96. The van der Waals surface area contributed by atoms with Crippen LogP contribution in [0, 0.1) is 5.82 Å². The molecule has 2 saturated heterocycles. The van der Waals surface area contributed by atoms with Crippen LogP contribution in [0.25, 0.3) is 33.4 Å². The summed E-state index contributed by atoms with van der Waals surface area (Å²) in [5, 5.41) is 9.23. The maximum atomic E-state index is 14.1. The number of hydrogen-bond acceptors (Lipinski definition) is 7. The van der Waals surface area contributed by atoms with Crippen molar-refractivity contribution < 1.29 is 18.7 Å². The molecular weight excluding hydrogens is 535 g/mol. The van der Waals surface area contributed by atoms with E-state index >= 15 is 0 Å². The summed E-state index contributed by atoms with van der Waals surface area (Å²) in [5.74, 6) is 0.129. The molecule has 1 unspecified atom stereocenters. The monoisotopic (exact) mass is 572 g/mol. The molecule has 2 aliphatic rings. The van der Waals surface area contributed by atoms with Crippen LogP contribution in [0.1, 0.15) is 59.1 Å². The second kappa shape index (κ2) is 11.8. The lowest BCUT2D eigenvalue weighted by atomic mass is 10.0. The zero-order valence-corrected chi connectivity index (χ0v) is 24.3. The van der Waals surface area contributed by atoms with Crippen LogP contribution in [0.3, 0.4) is 0 Å². The van der Waals surface area contributed by atoms with Crippen molar-refractivity contribution in [3.63, 3.8) is 0 Å². The molecule has 0 radical (unpaired) electrons. The fourth-order valence-electron chi connectivity index (χ4n) is 5.71. The molecule has 2 aliphatic heterocycles. The van der Waals surface area contributed by atoms with Crippen molar-refractivity contribution in [2.24, 2.45) is 0 Å². The van der Waals surface area contributed by atoms with E-state index in [1.54, 1.807) is 23.4 Å². The van der Waals surface area contributed by atoms with Crippen molar-refractivity contribution in [3.05, 3.63) is 60.7 Å². The van der Waals surface area contributed by atoms with E-state index in [1.165, 1.54) is 12.1 Å². The number of aromatic nitrogens is 4. The number of nitrogens with zero attached hydrogens (tertiary/aromatic N) is 5. The topological polar surface area (TPSA) is 94.4 Å². The molecule has 10 heteroatoms. The lowest BCUT2D eigenvalue weighted by Crippen LogP contribution is -2.48. The molecule has 0 aliphatic carbocycles. The molecule has 0 saturated carbocycles. The molecule has 2 aromatic carbocycles. The van der Waals surface area contributed by atoms with Gasteiger partial charge in [-0.3, -0.25) is 9.88 Å². The number of rotatable bonds is 5. The molecule has 2 fully saturated rings. The van der Waals surface area contributed by atoms with Crippen molar-refractivity contribution >= 4 is 22.8 Å². The summed E-state index contributed by atoms with van der Waals surface area (Å²) in [6.07, 6.45) is 7.13. The first-order valence-electron chi connectivity index (χ1n) is 14.7. The number of fused-ring (bicyclic) bond motifs is 1. The number of halogens is 1. The molecule has 4 heterocycles. The molecule has 9 nitrogen and oxygen atoms in total. The van der Waals surface area contributed by atoms with Crippen LogP contribution in [-0.2, 0) is 9.47 Å². The summed E-state index contributed by atoms with van der Waals surface area (Å²) in [5.41, 5.74) is 3.03. The fraction of sp³-hybridized carbons (Fsp3) is 0.438. The third-order valence-corrected chi connectivity index (χ3v) is 7.67. The molecule has 220 valence electrons. The predicted octanol–water partition coefficient (Wildman–Crippen LogP) is 6.49. The summed E-state index contributed by atoms with van der Waals surface area (Å²) in [6.45, 7) is 7.85. The van der Waals surface area contributed by atoms with E-state index in [4.69, 9.17) is 19.6 Å². The molecule has 0 bridgehead atoms. The van der Waals surface area contributed by atoms with E-state index in [0.717, 1.165) is 67.2 Å². The van der Waals surface area contributed by atoms with E-state index in [1.807, 2.05) is 49.7 Å². The van der Waals surface area contributed by atoms with Crippen molar-refractivity contribution in [1.29, 1.82) is 0 Å². The Morgan fingerprint density at radius 1 is 1.07 bits per heavy atom. The average Bonchev–Trinajstić information content (AvgIpc) is 3.37. The number of amides is 1. The van der Waals surface area contributed by atoms with Gasteiger partial charge in [0.05, 0.1) is 17.9 Å². The lowest BCUT2D eigenvalue weighted by molar-refractivity contribution is -0.0365. The van der Waals surface area contributed by atoms with Gasteiger partial charge in [0.15, 0.2) is 12.0 Å². The summed E-state index contributed by atoms with van der Waals surface area (Å²) in [7, 11) is 0. The van der Waals surface area contributed by atoms with Crippen LogP contribution in [0.5, 0.6) is 0 Å². The van der Waals surface area contributed by atoms with E-state index in [-0.39, 0.29) is 18.1 Å². The van der Waals surface area contributed by atoms with Crippen molar-refractivity contribution in [3.8, 4) is 22.5 Å². The number of benzene rings is 2. The molecule has 1 amide bonds. The van der Waals surface area contributed by atoms with Gasteiger partial charge in [0.25, 0.3) is 0 Å². The number of anilines is 1. The highest BCUT2D eigenvalue weighted by Gasteiger charge is 2.32.